The lowest BCUT2D eigenvalue weighted by molar-refractivity contribution is 0.0951. The Kier molecular flexibility index (Phi) is 4.69. The first-order valence-electron chi connectivity index (χ1n) is 8.01. The summed E-state index contributed by atoms with van der Waals surface area (Å²) >= 11 is 0. The molecule has 0 atom stereocenters. The van der Waals surface area contributed by atoms with Gasteiger partial charge in [0.1, 0.15) is 0 Å². The number of carbonyl (C=O) groups is 1. The zero-order valence-corrected chi connectivity index (χ0v) is 13.8. The standard InChI is InChI=1S/C19H20N2O.ClH/c22-19(16-7-6-14-2-1-3-15(14)9-16)21-10-13-4-5-17-11-20-12-18(17)8-13;/h4-9,20H,1-3,10-12H2,(H,21,22);1H. The van der Waals surface area contributed by atoms with Crippen molar-refractivity contribution in [2.75, 3.05) is 0 Å². The molecule has 1 amide bonds. The number of rotatable bonds is 3. The van der Waals surface area contributed by atoms with Gasteiger partial charge in [-0.3, -0.25) is 4.79 Å². The minimum absolute atomic E-state index is 0. The number of nitrogens with one attached hydrogen (secondary N) is 2. The average molecular weight is 329 g/mol. The van der Waals surface area contributed by atoms with Gasteiger partial charge in [-0.2, -0.15) is 0 Å². The molecule has 4 rings (SSSR count). The molecule has 23 heavy (non-hydrogen) atoms. The van der Waals surface area contributed by atoms with Crippen molar-refractivity contribution in [3.63, 3.8) is 0 Å². The lowest BCUT2D eigenvalue weighted by Crippen LogP contribution is -2.23. The lowest BCUT2D eigenvalue weighted by Gasteiger charge is -2.08. The highest BCUT2D eigenvalue weighted by Gasteiger charge is 2.14. The van der Waals surface area contributed by atoms with Crippen LogP contribution in [0.25, 0.3) is 0 Å². The maximum Gasteiger partial charge on any atom is 0.251 e. The molecule has 0 saturated heterocycles. The molecule has 2 N–H and O–H groups in total. The molecular formula is C19H21ClN2O. The highest BCUT2D eigenvalue weighted by molar-refractivity contribution is 5.94. The number of aryl methyl sites for hydroxylation is 2. The van der Waals surface area contributed by atoms with Crippen LogP contribution in [-0.2, 0) is 32.5 Å². The predicted octanol–water partition coefficient (Wildman–Crippen LogP) is 3.13. The third kappa shape index (κ3) is 3.26. The van der Waals surface area contributed by atoms with Crippen LogP contribution >= 0.6 is 12.4 Å². The molecule has 2 aliphatic rings. The van der Waals surface area contributed by atoms with Gasteiger partial charge in [0.05, 0.1) is 0 Å². The quantitative estimate of drug-likeness (QED) is 0.909. The van der Waals surface area contributed by atoms with Crippen LogP contribution in [0.4, 0.5) is 0 Å². The van der Waals surface area contributed by atoms with Gasteiger partial charge in [0.15, 0.2) is 0 Å². The molecule has 0 unspecified atom stereocenters. The van der Waals surface area contributed by atoms with E-state index in [9.17, 15) is 4.79 Å². The first-order valence-corrected chi connectivity index (χ1v) is 8.01. The van der Waals surface area contributed by atoms with Crippen molar-refractivity contribution in [1.29, 1.82) is 0 Å². The summed E-state index contributed by atoms with van der Waals surface area (Å²) in [4.78, 5) is 12.3. The van der Waals surface area contributed by atoms with E-state index in [4.69, 9.17) is 0 Å². The van der Waals surface area contributed by atoms with Crippen LogP contribution in [0.1, 0.15) is 44.6 Å². The summed E-state index contributed by atoms with van der Waals surface area (Å²) in [7, 11) is 0. The second kappa shape index (κ2) is 6.73. The minimum atomic E-state index is 0. The number of benzene rings is 2. The smallest absolute Gasteiger partial charge is 0.251 e. The maximum absolute atomic E-state index is 12.3. The maximum atomic E-state index is 12.3. The van der Waals surface area contributed by atoms with Crippen molar-refractivity contribution in [3.8, 4) is 0 Å². The van der Waals surface area contributed by atoms with Gasteiger partial charge < -0.3 is 10.6 Å². The Bertz CT molecular complexity index is 742. The van der Waals surface area contributed by atoms with E-state index in [-0.39, 0.29) is 18.3 Å². The van der Waals surface area contributed by atoms with E-state index in [1.807, 2.05) is 6.07 Å². The molecule has 1 aliphatic carbocycles. The SMILES string of the molecule is Cl.O=C(NCc1ccc2c(c1)CNC2)c1ccc2c(c1)CCC2. The number of amides is 1. The third-order valence-electron chi connectivity index (χ3n) is 4.72. The van der Waals surface area contributed by atoms with Crippen LogP contribution in [0.15, 0.2) is 36.4 Å². The number of carbonyl (C=O) groups excluding carboxylic acids is 1. The Morgan fingerprint density at radius 2 is 1.74 bits per heavy atom. The Hall–Kier alpha value is -1.84. The second-order valence-corrected chi connectivity index (χ2v) is 6.23. The van der Waals surface area contributed by atoms with Crippen molar-refractivity contribution >= 4 is 18.3 Å². The topological polar surface area (TPSA) is 41.1 Å². The summed E-state index contributed by atoms with van der Waals surface area (Å²) in [6.45, 7) is 2.47. The molecule has 1 aliphatic heterocycles. The van der Waals surface area contributed by atoms with Crippen LogP contribution in [0.5, 0.6) is 0 Å². The van der Waals surface area contributed by atoms with E-state index >= 15 is 0 Å². The molecule has 1 heterocycles. The molecule has 0 saturated carbocycles. The molecule has 0 bridgehead atoms. The molecule has 0 aromatic heterocycles. The van der Waals surface area contributed by atoms with Crippen LogP contribution in [0.3, 0.4) is 0 Å². The first-order chi connectivity index (χ1) is 10.8. The van der Waals surface area contributed by atoms with E-state index in [0.29, 0.717) is 6.54 Å². The number of halogens is 1. The molecule has 0 radical (unpaired) electrons. The predicted molar refractivity (Wildman–Crippen MR) is 93.9 cm³/mol. The van der Waals surface area contributed by atoms with Gasteiger partial charge in [0.2, 0.25) is 0 Å². The lowest BCUT2D eigenvalue weighted by atomic mass is 10.1. The van der Waals surface area contributed by atoms with Crippen molar-refractivity contribution < 1.29 is 4.79 Å². The average Bonchev–Trinajstić information content (AvgIpc) is 3.19. The minimum Gasteiger partial charge on any atom is -0.348 e. The summed E-state index contributed by atoms with van der Waals surface area (Å²) in [6.07, 6.45) is 3.47. The summed E-state index contributed by atoms with van der Waals surface area (Å²) in [6, 6.07) is 12.6. The van der Waals surface area contributed by atoms with Crippen LogP contribution in [0.2, 0.25) is 0 Å². The largest absolute Gasteiger partial charge is 0.348 e. The molecule has 120 valence electrons. The zero-order chi connectivity index (χ0) is 14.9. The molecule has 3 nitrogen and oxygen atoms in total. The van der Waals surface area contributed by atoms with Gasteiger partial charge in [-0.15, -0.1) is 12.4 Å². The van der Waals surface area contributed by atoms with Crippen LogP contribution in [0, 0.1) is 0 Å². The Morgan fingerprint density at radius 3 is 2.65 bits per heavy atom. The van der Waals surface area contributed by atoms with E-state index in [2.05, 4.69) is 41.0 Å². The zero-order valence-electron chi connectivity index (χ0n) is 13.0. The molecule has 2 aromatic rings. The highest BCUT2D eigenvalue weighted by Crippen LogP contribution is 2.23. The van der Waals surface area contributed by atoms with Crippen molar-refractivity contribution in [1.82, 2.24) is 10.6 Å². The van der Waals surface area contributed by atoms with Gasteiger partial charge in [0, 0.05) is 25.2 Å². The summed E-state index contributed by atoms with van der Waals surface area (Å²) < 4.78 is 0. The second-order valence-electron chi connectivity index (χ2n) is 6.23. The van der Waals surface area contributed by atoms with Gasteiger partial charge in [-0.05, 0) is 59.2 Å². The third-order valence-corrected chi connectivity index (χ3v) is 4.72. The van der Waals surface area contributed by atoms with Crippen LogP contribution < -0.4 is 10.6 Å². The fourth-order valence-electron chi connectivity index (χ4n) is 3.46. The monoisotopic (exact) mass is 328 g/mol. The number of fused-ring (bicyclic) bond motifs is 2. The van der Waals surface area contributed by atoms with E-state index in [1.54, 1.807) is 0 Å². The molecule has 0 spiro atoms. The van der Waals surface area contributed by atoms with E-state index < -0.39 is 0 Å². The van der Waals surface area contributed by atoms with Gasteiger partial charge >= 0.3 is 0 Å². The normalized spacial score (nSPS) is 14.8. The molecule has 4 heteroatoms. The number of hydrogen-bond donors (Lipinski definition) is 2. The van der Waals surface area contributed by atoms with E-state index in [0.717, 1.165) is 37.1 Å². The van der Waals surface area contributed by atoms with Gasteiger partial charge in [0.25, 0.3) is 5.91 Å². The fraction of sp³-hybridized carbons (Fsp3) is 0.316. The van der Waals surface area contributed by atoms with Crippen molar-refractivity contribution in [3.05, 3.63) is 69.8 Å². The summed E-state index contributed by atoms with van der Waals surface area (Å²) in [5.74, 6) is 0.0216. The molecule has 0 fully saturated rings. The van der Waals surface area contributed by atoms with Crippen molar-refractivity contribution in [2.24, 2.45) is 0 Å². The summed E-state index contributed by atoms with van der Waals surface area (Å²) in [5, 5.41) is 6.38. The van der Waals surface area contributed by atoms with Gasteiger partial charge in [-0.25, -0.2) is 0 Å². The van der Waals surface area contributed by atoms with Crippen LogP contribution in [-0.4, -0.2) is 5.91 Å². The van der Waals surface area contributed by atoms with Crippen molar-refractivity contribution in [2.45, 2.75) is 38.9 Å². The molecular weight excluding hydrogens is 308 g/mol. The number of hydrogen-bond acceptors (Lipinski definition) is 2. The highest BCUT2D eigenvalue weighted by atomic mass is 35.5. The van der Waals surface area contributed by atoms with Gasteiger partial charge in [-0.1, -0.05) is 24.3 Å². The fourth-order valence-corrected chi connectivity index (χ4v) is 3.46. The Labute approximate surface area is 142 Å². The van der Waals surface area contributed by atoms with E-state index in [1.165, 1.54) is 28.7 Å². The first kappa shape index (κ1) is 16.0. The summed E-state index contributed by atoms with van der Waals surface area (Å²) in [5.41, 5.74) is 7.41. The Balaban J connectivity index is 0.00000156. The molecule has 2 aromatic carbocycles. The Morgan fingerprint density at radius 1 is 0.957 bits per heavy atom.